The summed E-state index contributed by atoms with van der Waals surface area (Å²) in [4.78, 5) is 2.66. The van der Waals surface area contributed by atoms with E-state index in [0.717, 1.165) is 12.5 Å². The van der Waals surface area contributed by atoms with Gasteiger partial charge in [0.25, 0.3) is 0 Å². The van der Waals surface area contributed by atoms with Crippen LogP contribution < -0.4 is 5.32 Å². The van der Waals surface area contributed by atoms with Gasteiger partial charge in [-0.25, -0.2) is 0 Å². The molecule has 0 aliphatic carbocycles. The Morgan fingerprint density at radius 3 is 2.00 bits per heavy atom. The van der Waals surface area contributed by atoms with Crippen molar-refractivity contribution in [2.24, 2.45) is 5.92 Å². The van der Waals surface area contributed by atoms with E-state index in [0.29, 0.717) is 0 Å². The lowest BCUT2D eigenvalue weighted by Gasteiger charge is -2.25. The van der Waals surface area contributed by atoms with Crippen LogP contribution in [0, 0.1) is 5.92 Å². The van der Waals surface area contributed by atoms with Crippen molar-refractivity contribution in [1.82, 2.24) is 10.2 Å². The minimum absolute atomic E-state index is 0.773. The highest BCUT2D eigenvalue weighted by Crippen LogP contribution is 2.04. The number of hydrogen-bond acceptors (Lipinski definition) is 2. The van der Waals surface area contributed by atoms with Crippen molar-refractivity contribution in [2.45, 2.75) is 59.8 Å². The number of hydrogen-bond donors (Lipinski definition) is 1. The molecule has 0 bridgehead atoms. The maximum Gasteiger partial charge on any atom is 0.00191 e. The Bertz CT molecular complexity index is 140. The van der Waals surface area contributed by atoms with Crippen molar-refractivity contribution < 1.29 is 0 Å². The quantitative estimate of drug-likeness (QED) is 0.527. The summed E-state index contributed by atoms with van der Waals surface area (Å²) in [6, 6.07) is 0. The van der Waals surface area contributed by atoms with Gasteiger partial charge in [-0.2, -0.15) is 0 Å². The standard InChI is InChI=1S/C15H34N2/c1-5-8-11-17(12-9-6-2)14-15(4)13-16-10-7-3/h15-16H,5-14H2,1-4H3. The average molecular weight is 242 g/mol. The van der Waals surface area contributed by atoms with Crippen molar-refractivity contribution in [3.63, 3.8) is 0 Å². The van der Waals surface area contributed by atoms with Crippen LogP contribution in [0.5, 0.6) is 0 Å². The Kier molecular flexibility index (Phi) is 12.3. The molecule has 0 saturated carbocycles. The fraction of sp³-hybridized carbons (Fsp3) is 1.00. The molecule has 2 heteroatoms. The SMILES string of the molecule is CCCCN(CCCC)CC(C)CNCCC. The molecule has 0 amide bonds. The maximum absolute atomic E-state index is 3.53. The average Bonchev–Trinajstić information content (AvgIpc) is 2.33. The Morgan fingerprint density at radius 2 is 1.53 bits per heavy atom. The molecule has 0 aromatic heterocycles. The van der Waals surface area contributed by atoms with E-state index in [2.05, 4.69) is 37.9 Å². The molecular formula is C15H34N2. The van der Waals surface area contributed by atoms with Gasteiger partial charge < -0.3 is 10.2 Å². The van der Waals surface area contributed by atoms with Crippen LogP contribution in [0.2, 0.25) is 0 Å². The van der Waals surface area contributed by atoms with Gasteiger partial charge in [-0.15, -0.1) is 0 Å². The minimum atomic E-state index is 0.773. The molecular weight excluding hydrogens is 208 g/mol. The summed E-state index contributed by atoms with van der Waals surface area (Å²) < 4.78 is 0. The Balaban J connectivity index is 3.76. The van der Waals surface area contributed by atoms with Gasteiger partial charge in [-0.1, -0.05) is 40.5 Å². The van der Waals surface area contributed by atoms with E-state index < -0.39 is 0 Å². The third-order valence-electron chi connectivity index (χ3n) is 3.15. The third kappa shape index (κ3) is 10.8. The molecule has 0 heterocycles. The van der Waals surface area contributed by atoms with Gasteiger partial charge in [0.05, 0.1) is 0 Å². The number of unbranched alkanes of at least 4 members (excludes halogenated alkanes) is 2. The van der Waals surface area contributed by atoms with Crippen LogP contribution >= 0.6 is 0 Å². The topological polar surface area (TPSA) is 15.3 Å². The summed E-state index contributed by atoms with van der Waals surface area (Å²) >= 11 is 0. The minimum Gasteiger partial charge on any atom is -0.316 e. The lowest BCUT2D eigenvalue weighted by molar-refractivity contribution is 0.228. The van der Waals surface area contributed by atoms with Crippen molar-refractivity contribution in [3.8, 4) is 0 Å². The van der Waals surface area contributed by atoms with Crippen LogP contribution in [0.25, 0.3) is 0 Å². The first-order chi connectivity index (χ1) is 8.24. The molecule has 1 atom stereocenters. The lowest BCUT2D eigenvalue weighted by atomic mass is 10.1. The summed E-state index contributed by atoms with van der Waals surface area (Å²) in [7, 11) is 0. The van der Waals surface area contributed by atoms with Crippen molar-refractivity contribution in [1.29, 1.82) is 0 Å². The van der Waals surface area contributed by atoms with Gasteiger partial charge in [0.2, 0.25) is 0 Å². The Hall–Kier alpha value is -0.0800. The molecule has 0 rings (SSSR count). The number of nitrogens with zero attached hydrogens (tertiary/aromatic N) is 1. The summed E-state index contributed by atoms with van der Waals surface area (Å²) in [6.07, 6.45) is 6.55. The summed E-state index contributed by atoms with van der Waals surface area (Å²) in [6.45, 7) is 15.3. The van der Waals surface area contributed by atoms with Crippen molar-refractivity contribution >= 4 is 0 Å². The van der Waals surface area contributed by atoms with Gasteiger partial charge in [0.1, 0.15) is 0 Å². The highest BCUT2D eigenvalue weighted by Gasteiger charge is 2.09. The van der Waals surface area contributed by atoms with Gasteiger partial charge in [-0.3, -0.25) is 0 Å². The van der Waals surface area contributed by atoms with Crippen LogP contribution in [0.15, 0.2) is 0 Å². The number of nitrogens with one attached hydrogen (secondary N) is 1. The Morgan fingerprint density at radius 1 is 0.941 bits per heavy atom. The summed E-state index contributed by atoms with van der Waals surface area (Å²) in [5.74, 6) is 0.773. The first-order valence-electron chi connectivity index (χ1n) is 7.67. The zero-order valence-electron chi connectivity index (χ0n) is 12.6. The molecule has 17 heavy (non-hydrogen) atoms. The molecule has 0 radical (unpaired) electrons. The molecule has 0 saturated heterocycles. The predicted octanol–water partition coefficient (Wildman–Crippen LogP) is 3.52. The van der Waals surface area contributed by atoms with Crippen LogP contribution in [0.4, 0.5) is 0 Å². The molecule has 0 aliphatic heterocycles. The first-order valence-corrected chi connectivity index (χ1v) is 7.67. The van der Waals surface area contributed by atoms with Gasteiger partial charge in [0.15, 0.2) is 0 Å². The van der Waals surface area contributed by atoms with Gasteiger partial charge in [-0.05, 0) is 51.4 Å². The molecule has 0 aromatic rings. The van der Waals surface area contributed by atoms with Crippen LogP contribution in [0.3, 0.4) is 0 Å². The van der Waals surface area contributed by atoms with Crippen LogP contribution in [0.1, 0.15) is 59.8 Å². The highest BCUT2D eigenvalue weighted by atomic mass is 15.1. The highest BCUT2D eigenvalue weighted by molar-refractivity contribution is 4.65. The van der Waals surface area contributed by atoms with E-state index in [1.54, 1.807) is 0 Å². The van der Waals surface area contributed by atoms with Crippen molar-refractivity contribution in [2.75, 3.05) is 32.7 Å². The largest absolute Gasteiger partial charge is 0.316 e. The van der Waals surface area contributed by atoms with Gasteiger partial charge >= 0.3 is 0 Å². The zero-order valence-corrected chi connectivity index (χ0v) is 12.6. The summed E-state index contributed by atoms with van der Waals surface area (Å²) in [5.41, 5.74) is 0. The van der Waals surface area contributed by atoms with E-state index in [1.165, 1.54) is 58.3 Å². The molecule has 0 aliphatic rings. The molecule has 2 nitrogen and oxygen atoms in total. The van der Waals surface area contributed by atoms with Crippen LogP contribution in [-0.2, 0) is 0 Å². The summed E-state index contributed by atoms with van der Waals surface area (Å²) in [5, 5.41) is 3.53. The zero-order chi connectivity index (χ0) is 12.9. The number of rotatable bonds is 12. The first kappa shape index (κ1) is 16.9. The van der Waals surface area contributed by atoms with E-state index in [4.69, 9.17) is 0 Å². The Labute approximate surface area is 109 Å². The van der Waals surface area contributed by atoms with Gasteiger partial charge in [0, 0.05) is 6.54 Å². The molecule has 0 spiro atoms. The van der Waals surface area contributed by atoms with E-state index in [1.807, 2.05) is 0 Å². The molecule has 104 valence electrons. The monoisotopic (exact) mass is 242 g/mol. The van der Waals surface area contributed by atoms with Crippen LogP contribution in [-0.4, -0.2) is 37.6 Å². The predicted molar refractivity (Wildman–Crippen MR) is 78.6 cm³/mol. The van der Waals surface area contributed by atoms with E-state index in [9.17, 15) is 0 Å². The normalized spacial score (nSPS) is 13.2. The maximum atomic E-state index is 3.53. The van der Waals surface area contributed by atoms with Crippen molar-refractivity contribution in [3.05, 3.63) is 0 Å². The fourth-order valence-corrected chi connectivity index (χ4v) is 2.09. The third-order valence-corrected chi connectivity index (χ3v) is 3.15. The second-order valence-corrected chi connectivity index (χ2v) is 5.32. The molecule has 0 aromatic carbocycles. The molecule has 1 N–H and O–H groups in total. The smallest absolute Gasteiger partial charge is 0.00191 e. The second-order valence-electron chi connectivity index (χ2n) is 5.32. The lowest BCUT2D eigenvalue weighted by Crippen LogP contribution is -2.35. The fourth-order valence-electron chi connectivity index (χ4n) is 2.09. The second kappa shape index (κ2) is 12.4. The molecule has 1 unspecified atom stereocenters. The van der Waals surface area contributed by atoms with E-state index >= 15 is 0 Å². The van der Waals surface area contributed by atoms with E-state index in [-0.39, 0.29) is 0 Å². The molecule has 0 fully saturated rings.